The van der Waals surface area contributed by atoms with Crippen molar-refractivity contribution in [2.24, 2.45) is 0 Å². The molecular formula is C40H44F13N5O9. The van der Waals surface area contributed by atoms with Gasteiger partial charge in [0.15, 0.2) is 0 Å². The van der Waals surface area contributed by atoms with Gasteiger partial charge in [0.1, 0.15) is 5.82 Å². The van der Waals surface area contributed by atoms with Crippen molar-refractivity contribution in [3.8, 4) is 11.1 Å². The number of carboxylic acid groups (broad SMARTS) is 4. The van der Waals surface area contributed by atoms with Crippen LogP contribution in [0.5, 0.6) is 0 Å². The summed E-state index contributed by atoms with van der Waals surface area (Å²) in [5, 5.41) is 38.4. The highest BCUT2D eigenvalue weighted by molar-refractivity contribution is 5.94. The van der Waals surface area contributed by atoms with Crippen LogP contribution in [0.1, 0.15) is 40.4 Å². The summed E-state index contributed by atoms with van der Waals surface area (Å²) in [5.74, 6) is -11.4. The Morgan fingerprint density at radius 1 is 0.612 bits per heavy atom. The molecular weight excluding hydrogens is 941 g/mol. The van der Waals surface area contributed by atoms with E-state index in [1.165, 1.54) is 11.6 Å². The second-order valence-electron chi connectivity index (χ2n) is 14.1. The highest BCUT2D eigenvalue weighted by atomic mass is 19.4. The number of amides is 1. The number of carboxylic acids is 4. The summed E-state index contributed by atoms with van der Waals surface area (Å²) in [4.78, 5) is 53.4. The smallest absolute Gasteiger partial charge is 0.475 e. The average Bonchev–Trinajstić information content (AvgIpc) is 3.49. The Hall–Kier alpha value is -6.06. The van der Waals surface area contributed by atoms with E-state index in [0.29, 0.717) is 23.7 Å². The zero-order valence-corrected chi connectivity index (χ0v) is 34.8. The number of alkyl halides is 12. The molecule has 67 heavy (non-hydrogen) atoms. The van der Waals surface area contributed by atoms with E-state index in [1.54, 1.807) is 6.07 Å². The van der Waals surface area contributed by atoms with Crippen LogP contribution in [0.4, 0.5) is 57.1 Å². The largest absolute Gasteiger partial charge is 0.490 e. The molecule has 0 unspecified atom stereocenters. The van der Waals surface area contributed by atoms with Crippen LogP contribution in [0.3, 0.4) is 0 Å². The Labute approximate surface area is 372 Å². The van der Waals surface area contributed by atoms with Crippen molar-refractivity contribution in [1.82, 2.24) is 25.8 Å². The molecule has 2 heterocycles. The van der Waals surface area contributed by atoms with E-state index in [1.807, 2.05) is 36.4 Å². The number of nitrogens with one attached hydrogen (secondary N) is 3. The third kappa shape index (κ3) is 24.3. The number of carbonyl (C=O) groups excluding carboxylic acids is 1. The molecule has 5 rings (SSSR count). The summed E-state index contributed by atoms with van der Waals surface area (Å²) in [7, 11) is 0. The topological polar surface area (TPSA) is 209 Å². The van der Waals surface area contributed by atoms with Crippen LogP contribution in [0.25, 0.3) is 11.1 Å². The Morgan fingerprint density at radius 2 is 1.09 bits per heavy atom. The summed E-state index contributed by atoms with van der Waals surface area (Å²) in [5.41, 5.74) is 5.26. The molecule has 374 valence electrons. The molecule has 3 aromatic rings. The molecule has 3 aromatic carbocycles. The van der Waals surface area contributed by atoms with Gasteiger partial charge in [-0.3, -0.25) is 14.6 Å². The lowest BCUT2D eigenvalue weighted by molar-refractivity contribution is -0.193. The van der Waals surface area contributed by atoms with Gasteiger partial charge in [-0.15, -0.1) is 0 Å². The summed E-state index contributed by atoms with van der Waals surface area (Å²) < 4.78 is 142. The van der Waals surface area contributed by atoms with Gasteiger partial charge in [-0.2, -0.15) is 52.7 Å². The van der Waals surface area contributed by atoms with E-state index in [4.69, 9.17) is 39.6 Å². The summed E-state index contributed by atoms with van der Waals surface area (Å²) in [6.45, 7) is 11.4. The zero-order chi connectivity index (χ0) is 51.3. The Bertz CT molecular complexity index is 1980. The van der Waals surface area contributed by atoms with E-state index in [0.717, 1.165) is 82.0 Å². The lowest BCUT2D eigenvalue weighted by Crippen LogP contribution is -2.48. The number of rotatable bonds is 8. The van der Waals surface area contributed by atoms with Crippen molar-refractivity contribution < 1.29 is 101 Å². The van der Waals surface area contributed by atoms with Gasteiger partial charge in [-0.25, -0.2) is 23.6 Å². The first-order valence-electron chi connectivity index (χ1n) is 19.1. The minimum atomic E-state index is -5.08. The number of hydrogen-bond acceptors (Lipinski definition) is 9. The molecule has 1 atom stereocenters. The first kappa shape index (κ1) is 59.0. The van der Waals surface area contributed by atoms with Gasteiger partial charge in [-0.05, 0) is 79.0 Å². The number of aliphatic carboxylic acids is 4. The molecule has 0 radical (unpaired) electrons. The maximum Gasteiger partial charge on any atom is 0.490 e. The molecule has 0 aliphatic carbocycles. The predicted octanol–water partition coefficient (Wildman–Crippen LogP) is 6.54. The Kier molecular flexibility index (Phi) is 23.7. The molecule has 14 nitrogen and oxygen atoms in total. The number of piperazine rings is 1. The fourth-order valence-corrected chi connectivity index (χ4v) is 5.57. The van der Waals surface area contributed by atoms with Crippen LogP contribution in [-0.4, -0.2) is 137 Å². The van der Waals surface area contributed by atoms with Gasteiger partial charge in [0.05, 0.1) is 0 Å². The van der Waals surface area contributed by atoms with Crippen LogP contribution in [-0.2, 0) is 38.8 Å². The fraction of sp³-hybridized carbons (Fsp3) is 0.425. The molecule has 0 spiro atoms. The molecule has 2 saturated heterocycles. The minimum Gasteiger partial charge on any atom is -0.475 e. The van der Waals surface area contributed by atoms with Crippen LogP contribution in [0, 0.1) is 5.82 Å². The van der Waals surface area contributed by atoms with Crippen molar-refractivity contribution >= 4 is 29.8 Å². The van der Waals surface area contributed by atoms with Crippen molar-refractivity contribution in [2.75, 3.05) is 45.8 Å². The summed E-state index contributed by atoms with van der Waals surface area (Å²) in [6.07, 6.45) is -19.2. The SMILES string of the molecule is C[C@H]1CN(Cc2cccc(-c3cc(CNC(=O)c4cccc(CN5CCCNCC5)c4)ccc3F)c2)CCN1.O=C(O)C(F)(F)F.O=C(O)C(F)(F)F.O=C(O)C(F)(F)F.O=C(O)C(F)(F)F. The van der Waals surface area contributed by atoms with Gasteiger partial charge < -0.3 is 36.4 Å². The highest BCUT2D eigenvalue weighted by Gasteiger charge is 2.40. The molecule has 2 aliphatic heterocycles. The molecule has 0 bridgehead atoms. The zero-order valence-electron chi connectivity index (χ0n) is 34.8. The molecule has 27 heteroatoms. The lowest BCUT2D eigenvalue weighted by Gasteiger charge is -2.31. The van der Waals surface area contributed by atoms with Crippen molar-refractivity contribution in [1.29, 1.82) is 0 Å². The Balaban J connectivity index is 0.000000648. The third-order valence-electron chi connectivity index (χ3n) is 8.58. The summed E-state index contributed by atoms with van der Waals surface area (Å²) >= 11 is 0. The lowest BCUT2D eigenvalue weighted by atomic mass is 10.00. The van der Waals surface area contributed by atoms with Crippen LogP contribution >= 0.6 is 0 Å². The van der Waals surface area contributed by atoms with E-state index in [9.17, 15) is 61.9 Å². The van der Waals surface area contributed by atoms with Gasteiger partial charge >= 0.3 is 48.6 Å². The second-order valence-corrected chi connectivity index (χ2v) is 14.1. The normalized spacial score (nSPS) is 15.8. The van der Waals surface area contributed by atoms with Crippen LogP contribution in [0.2, 0.25) is 0 Å². The summed E-state index contributed by atoms with van der Waals surface area (Å²) in [6, 6.07) is 21.6. The molecule has 1 amide bonds. The quantitative estimate of drug-likeness (QED) is 0.120. The van der Waals surface area contributed by atoms with Crippen LogP contribution < -0.4 is 16.0 Å². The van der Waals surface area contributed by atoms with Gasteiger partial charge in [0.25, 0.3) is 5.91 Å². The Morgan fingerprint density at radius 3 is 1.60 bits per heavy atom. The molecule has 7 N–H and O–H groups in total. The van der Waals surface area contributed by atoms with E-state index in [2.05, 4.69) is 50.9 Å². The molecule has 0 saturated carbocycles. The van der Waals surface area contributed by atoms with Gasteiger partial charge in [0, 0.05) is 69.5 Å². The standard InChI is InChI=1S/C32H40FN5O.4C2HF3O2/c1-24-21-38(16-13-35-24)23-26-5-2-7-28(17-26)30-19-25(9-10-31(30)33)20-36-32(39)29-8-3-6-27(18-29)22-37-14-4-11-34-12-15-37;4*3-2(4,5)1(6)7/h2-3,5-10,17-19,24,34-35H,4,11-16,20-23H2,1H3,(H,36,39);4*(H,6,7)/t24-;;;;/m0..../s1. The molecule has 2 fully saturated rings. The van der Waals surface area contributed by atoms with Gasteiger partial charge in [-0.1, -0.05) is 36.4 Å². The van der Waals surface area contributed by atoms with Gasteiger partial charge in [0.2, 0.25) is 0 Å². The number of nitrogens with zero attached hydrogens (tertiary/aromatic N) is 2. The maximum absolute atomic E-state index is 14.9. The molecule has 2 aliphatic rings. The van der Waals surface area contributed by atoms with Crippen LogP contribution in [0.15, 0.2) is 66.7 Å². The third-order valence-corrected chi connectivity index (χ3v) is 8.58. The highest BCUT2D eigenvalue weighted by Crippen LogP contribution is 2.26. The number of benzene rings is 3. The van der Waals surface area contributed by atoms with E-state index in [-0.39, 0.29) is 11.7 Å². The first-order chi connectivity index (χ1) is 30.8. The first-order valence-corrected chi connectivity index (χ1v) is 19.1. The van der Waals surface area contributed by atoms with Crippen molar-refractivity contribution in [2.45, 2.75) is 63.7 Å². The number of hydrogen-bond donors (Lipinski definition) is 7. The minimum absolute atomic E-state index is 0.118. The van der Waals surface area contributed by atoms with E-state index < -0.39 is 48.6 Å². The number of halogens is 13. The predicted molar refractivity (Wildman–Crippen MR) is 210 cm³/mol. The average molecular weight is 986 g/mol. The molecule has 0 aromatic heterocycles. The van der Waals surface area contributed by atoms with Crippen molar-refractivity contribution in [3.05, 3.63) is 94.8 Å². The maximum atomic E-state index is 14.9. The van der Waals surface area contributed by atoms with Crippen molar-refractivity contribution in [3.63, 3.8) is 0 Å². The second kappa shape index (κ2) is 26.9. The number of carbonyl (C=O) groups is 5. The monoisotopic (exact) mass is 985 g/mol. The fourth-order valence-electron chi connectivity index (χ4n) is 5.57. The van der Waals surface area contributed by atoms with E-state index >= 15 is 0 Å².